The Morgan fingerprint density at radius 3 is 2.61 bits per heavy atom. The Morgan fingerprint density at radius 2 is 1.91 bits per heavy atom. The number of hydrogen-bond donors (Lipinski definition) is 2. The summed E-state index contributed by atoms with van der Waals surface area (Å²) in [6.07, 6.45) is -0.702. The normalized spacial score (nSPS) is 19.0. The SMILES string of the molecule is Cl.NC(Cc1ccccc1)C(=O)NC[C@H]1CN(c2ccc(N3CCOCC3)c(F)c2)C(=O)O1. The molecule has 3 N–H and O–H groups in total. The van der Waals surface area contributed by atoms with Crippen LogP contribution in [0.25, 0.3) is 0 Å². The van der Waals surface area contributed by atoms with E-state index in [0.29, 0.717) is 44.1 Å². The molecule has 2 amide bonds. The lowest BCUT2D eigenvalue weighted by Gasteiger charge is -2.29. The first-order chi connectivity index (χ1) is 15.5. The van der Waals surface area contributed by atoms with Gasteiger partial charge in [0.05, 0.1) is 43.7 Å². The van der Waals surface area contributed by atoms with Crippen LogP contribution in [0.4, 0.5) is 20.6 Å². The van der Waals surface area contributed by atoms with Crippen molar-refractivity contribution < 1.29 is 23.5 Å². The van der Waals surface area contributed by atoms with Gasteiger partial charge in [-0.1, -0.05) is 30.3 Å². The molecule has 8 nitrogen and oxygen atoms in total. The molecular formula is C23H28ClFN4O4. The topological polar surface area (TPSA) is 97.1 Å². The second-order valence-corrected chi connectivity index (χ2v) is 7.89. The van der Waals surface area contributed by atoms with Crippen molar-refractivity contribution >= 4 is 35.8 Å². The van der Waals surface area contributed by atoms with Crippen LogP contribution in [0.3, 0.4) is 0 Å². The van der Waals surface area contributed by atoms with Gasteiger partial charge in [-0.15, -0.1) is 12.4 Å². The predicted octanol–water partition coefficient (Wildman–Crippen LogP) is 2.10. The summed E-state index contributed by atoms with van der Waals surface area (Å²) >= 11 is 0. The third kappa shape index (κ3) is 6.13. The number of morpholine rings is 1. The number of carbonyl (C=O) groups is 2. The fourth-order valence-corrected chi connectivity index (χ4v) is 3.87. The molecule has 4 rings (SSSR count). The van der Waals surface area contributed by atoms with Gasteiger partial charge in [-0.25, -0.2) is 9.18 Å². The molecule has 10 heteroatoms. The van der Waals surface area contributed by atoms with Gasteiger partial charge < -0.3 is 25.4 Å². The lowest BCUT2D eigenvalue weighted by Crippen LogP contribution is -2.45. The summed E-state index contributed by atoms with van der Waals surface area (Å²) in [4.78, 5) is 27.9. The monoisotopic (exact) mass is 478 g/mol. The van der Waals surface area contributed by atoms with Gasteiger partial charge in [-0.2, -0.15) is 0 Å². The first-order valence-corrected chi connectivity index (χ1v) is 10.7. The van der Waals surface area contributed by atoms with Crippen molar-refractivity contribution in [3.63, 3.8) is 0 Å². The van der Waals surface area contributed by atoms with Crippen LogP contribution in [-0.2, 0) is 20.7 Å². The number of amides is 2. The number of anilines is 2. The van der Waals surface area contributed by atoms with Gasteiger partial charge in [0.15, 0.2) is 0 Å². The zero-order valence-corrected chi connectivity index (χ0v) is 18.9. The molecule has 2 aliphatic heterocycles. The van der Waals surface area contributed by atoms with E-state index >= 15 is 0 Å². The summed E-state index contributed by atoms with van der Waals surface area (Å²) < 4.78 is 25.4. The van der Waals surface area contributed by atoms with E-state index in [0.717, 1.165) is 5.56 Å². The molecular weight excluding hydrogens is 451 g/mol. The molecule has 1 unspecified atom stereocenters. The molecule has 0 aromatic heterocycles. The first-order valence-electron chi connectivity index (χ1n) is 10.7. The van der Waals surface area contributed by atoms with Crippen LogP contribution in [-0.4, -0.2) is 63.5 Å². The molecule has 2 aromatic rings. The van der Waals surface area contributed by atoms with Gasteiger partial charge in [0.1, 0.15) is 11.9 Å². The van der Waals surface area contributed by atoms with Crippen molar-refractivity contribution in [3.8, 4) is 0 Å². The third-order valence-corrected chi connectivity index (χ3v) is 5.61. The number of nitrogens with zero attached hydrogens (tertiary/aromatic N) is 2. The maximum absolute atomic E-state index is 14.7. The van der Waals surface area contributed by atoms with E-state index in [1.54, 1.807) is 12.1 Å². The summed E-state index contributed by atoms with van der Waals surface area (Å²) in [5, 5.41) is 2.74. The van der Waals surface area contributed by atoms with E-state index in [2.05, 4.69) is 5.32 Å². The highest BCUT2D eigenvalue weighted by atomic mass is 35.5. The van der Waals surface area contributed by atoms with Crippen molar-refractivity contribution in [2.45, 2.75) is 18.6 Å². The largest absolute Gasteiger partial charge is 0.442 e. The number of nitrogens with two attached hydrogens (primary N) is 1. The maximum atomic E-state index is 14.7. The Morgan fingerprint density at radius 1 is 1.18 bits per heavy atom. The highest BCUT2D eigenvalue weighted by Gasteiger charge is 2.33. The van der Waals surface area contributed by atoms with Crippen LogP contribution >= 0.6 is 12.4 Å². The van der Waals surface area contributed by atoms with Gasteiger partial charge >= 0.3 is 6.09 Å². The Labute approximate surface area is 198 Å². The van der Waals surface area contributed by atoms with Crippen LogP contribution in [0.2, 0.25) is 0 Å². The highest BCUT2D eigenvalue weighted by Crippen LogP contribution is 2.28. The molecule has 2 saturated heterocycles. The Balaban J connectivity index is 0.00000306. The second kappa shape index (κ2) is 11.3. The average Bonchev–Trinajstić information content (AvgIpc) is 3.19. The zero-order valence-electron chi connectivity index (χ0n) is 18.1. The van der Waals surface area contributed by atoms with Crippen molar-refractivity contribution in [3.05, 3.63) is 59.9 Å². The van der Waals surface area contributed by atoms with Gasteiger partial charge in [-0.3, -0.25) is 9.69 Å². The quantitative estimate of drug-likeness (QED) is 0.632. The third-order valence-electron chi connectivity index (χ3n) is 5.61. The fraction of sp³-hybridized carbons (Fsp3) is 0.391. The van der Waals surface area contributed by atoms with E-state index in [4.69, 9.17) is 15.2 Å². The smallest absolute Gasteiger partial charge is 0.414 e. The molecule has 33 heavy (non-hydrogen) atoms. The van der Waals surface area contributed by atoms with Crippen LogP contribution in [0.1, 0.15) is 5.56 Å². The fourth-order valence-electron chi connectivity index (χ4n) is 3.87. The molecule has 0 spiro atoms. The minimum atomic E-state index is -0.701. The molecule has 2 aromatic carbocycles. The van der Waals surface area contributed by atoms with Crippen molar-refractivity contribution in [2.75, 3.05) is 49.2 Å². The summed E-state index contributed by atoms with van der Waals surface area (Å²) in [6.45, 7) is 2.71. The predicted molar refractivity (Wildman–Crippen MR) is 125 cm³/mol. The lowest BCUT2D eigenvalue weighted by molar-refractivity contribution is -0.122. The molecule has 0 aliphatic carbocycles. The van der Waals surface area contributed by atoms with Gasteiger partial charge in [0.25, 0.3) is 0 Å². The summed E-state index contributed by atoms with van der Waals surface area (Å²) in [7, 11) is 0. The van der Waals surface area contributed by atoms with E-state index in [1.165, 1.54) is 11.0 Å². The molecule has 0 bridgehead atoms. The van der Waals surface area contributed by atoms with Crippen molar-refractivity contribution in [1.82, 2.24) is 5.32 Å². The molecule has 0 saturated carbocycles. The van der Waals surface area contributed by atoms with Crippen LogP contribution < -0.4 is 20.9 Å². The van der Waals surface area contributed by atoms with E-state index in [-0.39, 0.29) is 31.4 Å². The van der Waals surface area contributed by atoms with Crippen molar-refractivity contribution in [1.29, 1.82) is 0 Å². The molecule has 0 radical (unpaired) electrons. The Hall–Kier alpha value is -2.88. The van der Waals surface area contributed by atoms with Crippen LogP contribution in [0.15, 0.2) is 48.5 Å². The summed E-state index contributed by atoms with van der Waals surface area (Å²) in [5.41, 5.74) is 7.86. The minimum absolute atomic E-state index is 0. The number of hydrogen-bond acceptors (Lipinski definition) is 6. The number of carbonyl (C=O) groups excluding carboxylic acids is 2. The number of benzene rings is 2. The van der Waals surface area contributed by atoms with Crippen LogP contribution in [0, 0.1) is 5.82 Å². The second-order valence-electron chi connectivity index (χ2n) is 7.89. The molecule has 2 heterocycles. The number of rotatable bonds is 7. The van der Waals surface area contributed by atoms with Gasteiger partial charge in [0.2, 0.25) is 5.91 Å². The highest BCUT2D eigenvalue weighted by molar-refractivity contribution is 5.90. The van der Waals surface area contributed by atoms with Gasteiger partial charge in [-0.05, 0) is 30.2 Å². The van der Waals surface area contributed by atoms with Crippen LogP contribution in [0.5, 0.6) is 0 Å². The molecule has 2 atom stereocenters. The van der Waals surface area contributed by atoms with E-state index in [9.17, 15) is 14.0 Å². The zero-order chi connectivity index (χ0) is 22.5. The number of ether oxygens (including phenoxy) is 2. The average molecular weight is 479 g/mol. The number of nitrogens with one attached hydrogen (secondary N) is 1. The molecule has 178 valence electrons. The number of halogens is 2. The van der Waals surface area contributed by atoms with Gasteiger partial charge in [0, 0.05) is 13.1 Å². The minimum Gasteiger partial charge on any atom is -0.442 e. The maximum Gasteiger partial charge on any atom is 0.414 e. The Bertz CT molecular complexity index is 959. The van der Waals surface area contributed by atoms with Crippen molar-refractivity contribution in [2.24, 2.45) is 5.73 Å². The summed E-state index contributed by atoms with van der Waals surface area (Å²) in [6, 6.07) is 13.5. The number of cyclic esters (lactones) is 1. The lowest BCUT2D eigenvalue weighted by atomic mass is 10.1. The Kier molecular flexibility index (Phi) is 8.49. The standard InChI is InChI=1S/C23H27FN4O4.ClH/c24-19-13-17(6-7-21(19)27-8-10-31-11-9-27)28-15-18(32-23(28)30)14-26-22(29)20(25)12-16-4-2-1-3-5-16;/h1-7,13,18,20H,8-12,14-15,25H2,(H,26,29);1H/t18-,20?;/m0./s1. The van der Waals surface area contributed by atoms with E-state index < -0.39 is 24.1 Å². The molecule has 2 fully saturated rings. The molecule has 2 aliphatic rings. The van der Waals surface area contributed by atoms with E-state index in [1.807, 2.05) is 35.2 Å². The summed E-state index contributed by atoms with van der Waals surface area (Å²) in [5.74, 6) is -0.718. The first kappa shape index (κ1) is 24.8.